The van der Waals surface area contributed by atoms with Crippen molar-refractivity contribution in [3.05, 3.63) is 0 Å². The quantitative estimate of drug-likeness (QED) is 0.776. The van der Waals surface area contributed by atoms with Crippen LogP contribution in [0.3, 0.4) is 0 Å². The van der Waals surface area contributed by atoms with Gasteiger partial charge in [0.05, 0.1) is 0 Å². The fourth-order valence-corrected chi connectivity index (χ4v) is 3.90. The minimum Gasteiger partial charge on any atom is -0.307 e. The fourth-order valence-electron chi connectivity index (χ4n) is 3.90. The molecule has 0 aromatic rings. The molecular weight excluding hydrogens is 224 g/mol. The molecule has 1 atom stereocenters. The van der Waals surface area contributed by atoms with Crippen molar-refractivity contribution >= 4 is 5.78 Å². The molecule has 0 aromatic carbocycles. The van der Waals surface area contributed by atoms with Gasteiger partial charge in [-0.15, -0.1) is 0 Å². The lowest BCUT2D eigenvalue weighted by Gasteiger charge is -2.50. The van der Waals surface area contributed by atoms with E-state index in [1.165, 1.54) is 12.8 Å². The number of hydrogen-bond acceptors (Lipinski definition) is 3. The first-order chi connectivity index (χ1) is 8.19. The van der Waals surface area contributed by atoms with E-state index in [1.807, 2.05) is 0 Å². The third kappa shape index (κ3) is 3.12. The third-order valence-corrected chi connectivity index (χ3v) is 4.39. The molecule has 2 rings (SSSR count). The van der Waals surface area contributed by atoms with Crippen molar-refractivity contribution in [2.45, 2.75) is 71.0 Å². The third-order valence-electron chi connectivity index (χ3n) is 4.39. The molecule has 2 aliphatic rings. The standard InChI is InChI=1S/C15H28N2O/c1-11-10-17(7-6-13(11)18)12-8-14(2,3)16-15(4,5)9-12/h11-12,16H,6-10H2,1-5H3/t11-/m1/s1. The first kappa shape index (κ1) is 14.0. The lowest BCUT2D eigenvalue weighted by atomic mass is 9.78. The summed E-state index contributed by atoms with van der Waals surface area (Å²) in [5.41, 5.74) is 0.383. The summed E-state index contributed by atoms with van der Waals surface area (Å²) in [7, 11) is 0. The van der Waals surface area contributed by atoms with Crippen LogP contribution in [-0.2, 0) is 4.79 Å². The minimum absolute atomic E-state index is 0.192. The molecule has 0 saturated carbocycles. The molecule has 0 bridgehead atoms. The lowest BCUT2D eigenvalue weighted by molar-refractivity contribution is -0.126. The van der Waals surface area contributed by atoms with Crippen LogP contribution in [0.2, 0.25) is 0 Å². The molecule has 0 spiro atoms. The van der Waals surface area contributed by atoms with Crippen molar-refractivity contribution in [1.29, 1.82) is 0 Å². The van der Waals surface area contributed by atoms with Crippen molar-refractivity contribution in [2.24, 2.45) is 5.92 Å². The molecule has 0 amide bonds. The minimum atomic E-state index is 0.192. The van der Waals surface area contributed by atoms with E-state index in [0.29, 0.717) is 11.8 Å². The number of piperidine rings is 2. The van der Waals surface area contributed by atoms with E-state index < -0.39 is 0 Å². The number of hydrogen-bond donors (Lipinski definition) is 1. The molecule has 104 valence electrons. The zero-order valence-electron chi connectivity index (χ0n) is 12.5. The molecule has 0 aliphatic carbocycles. The van der Waals surface area contributed by atoms with Crippen LogP contribution in [0.25, 0.3) is 0 Å². The number of nitrogens with one attached hydrogen (secondary N) is 1. The van der Waals surface area contributed by atoms with Gasteiger partial charge in [-0.05, 0) is 40.5 Å². The van der Waals surface area contributed by atoms with E-state index in [4.69, 9.17) is 0 Å². The van der Waals surface area contributed by atoms with Crippen molar-refractivity contribution < 1.29 is 4.79 Å². The van der Waals surface area contributed by atoms with Crippen LogP contribution >= 0.6 is 0 Å². The Hall–Kier alpha value is -0.410. The van der Waals surface area contributed by atoms with Gasteiger partial charge < -0.3 is 5.32 Å². The fraction of sp³-hybridized carbons (Fsp3) is 0.933. The number of ketones is 1. The summed E-state index contributed by atoms with van der Waals surface area (Å²) in [5, 5.41) is 3.73. The van der Waals surface area contributed by atoms with E-state index >= 15 is 0 Å². The van der Waals surface area contributed by atoms with Gasteiger partial charge in [-0.3, -0.25) is 9.69 Å². The van der Waals surface area contributed by atoms with Gasteiger partial charge in [0.1, 0.15) is 5.78 Å². The lowest BCUT2D eigenvalue weighted by Crippen LogP contribution is -2.63. The van der Waals surface area contributed by atoms with Crippen molar-refractivity contribution in [2.75, 3.05) is 13.1 Å². The summed E-state index contributed by atoms with van der Waals surface area (Å²) in [6.07, 6.45) is 3.10. The Balaban J connectivity index is 2.06. The van der Waals surface area contributed by atoms with Crippen LogP contribution in [0.5, 0.6) is 0 Å². The average molecular weight is 252 g/mol. The summed E-state index contributed by atoms with van der Waals surface area (Å²) >= 11 is 0. The van der Waals surface area contributed by atoms with E-state index in [2.05, 4.69) is 44.8 Å². The predicted octanol–water partition coefficient (Wildman–Crippen LogP) is 2.21. The average Bonchev–Trinajstić information content (AvgIpc) is 2.17. The number of carbonyl (C=O) groups is 1. The van der Waals surface area contributed by atoms with Crippen LogP contribution < -0.4 is 5.32 Å². The second-order valence-electron chi connectivity index (χ2n) is 7.57. The Bertz CT molecular complexity index is 319. The largest absolute Gasteiger partial charge is 0.307 e. The van der Waals surface area contributed by atoms with Crippen molar-refractivity contribution in [1.82, 2.24) is 10.2 Å². The molecule has 2 saturated heterocycles. The van der Waals surface area contributed by atoms with E-state index in [-0.39, 0.29) is 17.0 Å². The number of rotatable bonds is 1. The first-order valence-corrected chi connectivity index (χ1v) is 7.25. The maximum atomic E-state index is 11.6. The summed E-state index contributed by atoms with van der Waals surface area (Å²) in [6, 6.07) is 0.617. The predicted molar refractivity (Wildman–Crippen MR) is 74.7 cm³/mol. The second-order valence-corrected chi connectivity index (χ2v) is 7.57. The Morgan fingerprint density at radius 1 is 1.17 bits per heavy atom. The van der Waals surface area contributed by atoms with Crippen LogP contribution in [0, 0.1) is 5.92 Å². The highest BCUT2D eigenvalue weighted by molar-refractivity contribution is 5.81. The first-order valence-electron chi connectivity index (χ1n) is 7.25. The van der Waals surface area contributed by atoms with Gasteiger partial charge in [-0.1, -0.05) is 6.92 Å². The maximum Gasteiger partial charge on any atom is 0.138 e. The summed E-state index contributed by atoms with van der Waals surface area (Å²) in [6.45, 7) is 13.2. The highest BCUT2D eigenvalue weighted by Gasteiger charge is 2.41. The van der Waals surface area contributed by atoms with E-state index in [0.717, 1.165) is 19.5 Å². The molecule has 3 heteroatoms. The normalized spacial score (nSPS) is 33.6. The Morgan fingerprint density at radius 2 is 1.72 bits per heavy atom. The number of Topliss-reactive ketones (excluding diaryl/α,β-unsaturated/α-hetero) is 1. The molecule has 2 heterocycles. The second kappa shape index (κ2) is 4.61. The molecule has 0 aromatic heterocycles. The monoisotopic (exact) mass is 252 g/mol. The molecule has 2 fully saturated rings. The zero-order valence-corrected chi connectivity index (χ0v) is 12.5. The summed E-state index contributed by atoms with van der Waals surface area (Å²) < 4.78 is 0. The summed E-state index contributed by atoms with van der Waals surface area (Å²) in [4.78, 5) is 14.2. The number of carbonyl (C=O) groups excluding carboxylic acids is 1. The van der Waals surface area contributed by atoms with E-state index in [9.17, 15) is 4.79 Å². The van der Waals surface area contributed by atoms with Crippen LogP contribution in [0.15, 0.2) is 0 Å². The van der Waals surface area contributed by atoms with Gasteiger partial charge in [0.2, 0.25) is 0 Å². The van der Waals surface area contributed by atoms with Gasteiger partial charge >= 0.3 is 0 Å². The van der Waals surface area contributed by atoms with Crippen molar-refractivity contribution in [3.8, 4) is 0 Å². The van der Waals surface area contributed by atoms with Gasteiger partial charge in [0.25, 0.3) is 0 Å². The molecule has 2 aliphatic heterocycles. The zero-order chi connectivity index (χ0) is 13.6. The van der Waals surface area contributed by atoms with Gasteiger partial charge in [0, 0.05) is 42.5 Å². The smallest absolute Gasteiger partial charge is 0.138 e. The highest BCUT2D eigenvalue weighted by Crippen LogP contribution is 2.32. The van der Waals surface area contributed by atoms with Crippen LogP contribution in [-0.4, -0.2) is 40.9 Å². The molecule has 1 N–H and O–H groups in total. The summed E-state index contributed by atoms with van der Waals surface area (Å²) in [5.74, 6) is 0.665. The maximum absolute atomic E-state index is 11.6. The van der Waals surface area contributed by atoms with Gasteiger partial charge in [-0.2, -0.15) is 0 Å². The van der Waals surface area contributed by atoms with Gasteiger partial charge in [-0.25, -0.2) is 0 Å². The Morgan fingerprint density at radius 3 is 2.22 bits per heavy atom. The molecule has 18 heavy (non-hydrogen) atoms. The highest BCUT2D eigenvalue weighted by atomic mass is 16.1. The number of nitrogens with zero attached hydrogens (tertiary/aromatic N) is 1. The molecule has 3 nitrogen and oxygen atoms in total. The number of likely N-dealkylation sites (tertiary alicyclic amines) is 1. The van der Waals surface area contributed by atoms with Crippen LogP contribution in [0.4, 0.5) is 0 Å². The van der Waals surface area contributed by atoms with Gasteiger partial charge in [0.15, 0.2) is 0 Å². The SMILES string of the molecule is C[C@@H]1CN(C2CC(C)(C)NC(C)(C)C2)CCC1=O. The van der Waals surface area contributed by atoms with E-state index in [1.54, 1.807) is 0 Å². The molecule has 0 radical (unpaired) electrons. The Kier molecular flexibility index (Phi) is 3.58. The van der Waals surface area contributed by atoms with Crippen molar-refractivity contribution in [3.63, 3.8) is 0 Å². The topological polar surface area (TPSA) is 32.3 Å². The molecule has 0 unspecified atom stereocenters. The Labute approximate surface area is 111 Å². The van der Waals surface area contributed by atoms with Crippen LogP contribution in [0.1, 0.15) is 53.9 Å². The molecular formula is C15H28N2O.